The Labute approximate surface area is 217 Å². The zero-order chi connectivity index (χ0) is 27.2. The number of fused-ring (bicyclic) bond motifs is 1. The monoisotopic (exact) mass is 554 g/mol. The molecule has 13 heteroatoms. The molecule has 2 heterocycles. The molecule has 1 aromatic carbocycles. The van der Waals surface area contributed by atoms with Crippen molar-refractivity contribution < 1.29 is 31.8 Å². The molecule has 37 heavy (non-hydrogen) atoms. The van der Waals surface area contributed by atoms with Crippen molar-refractivity contribution in [3.8, 4) is 0 Å². The molecule has 204 valence electrons. The van der Waals surface area contributed by atoms with Crippen molar-refractivity contribution in [1.82, 2.24) is 4.90 Å². The first-order valence-electron chi connectivity index (χ1n) is 12.4. The maximum absolute atomic E-state index is 13.7. The predicted molar refractivity (Wildman–Crippen MR) is 140 cm³/mol. The van der Waals surface area contributed by atoms with Crippen LogP contribution in [0.5, 0.6) is 0 Å². The summed E-state index contributed by atoms with van der Waals surface area (Å²) in [6, 6.07) is 3.82. The summed E-state index contributed by atoms with van der Waals surface area (Å²) < 4.78 is 55.5. The number of amidine groups is 1. The summed E-state index contributed by atoms with van der Waals surface area (Å²) in [5, 5.41) is 24.8. The molecule has 1 saturated carbocycles. The number of carbonyl (C=O) groups is 1. The van der Waals surface area contributed by atoms with E-state index >= 15 is 0 Å². The van der Waals surface area contributed by atoms with E-state index in [-0.39, 0.29) is 51.9 Å². The van der Waals surface area contributed by atoms with Crippen LogP contribution in [0.3, 0.4) is 0 Å². The average Bonchev–Trinajstić information content (AvgIpc) is 3.33. The van der Waals surface area contributed by atoms with Gasteiger partial charge in [0.25, 0.3) is 15.9 Å². The minimum atomic E-state index is -4.36. The number of nitrogens with zero attached hydrogens (tertiary/aromatic N) is 2. The molecule has 0 saturated heterocycles. The Morgan fingerprint density at radius 3 is 2.54 bits per heavy atom. The van der Waals surface area contributed by atoms with Gasteiger partial charge in [0.05, 0.1) is 24.0 Å². The second kappa shape index (κ2) is 9.91. The van der Waals surface area contributed by atoms with Crippen LogP contribution in [-0.4, -0.2) is 69.1 Å². The van der Waals surface area contributed by atoms with Crippen LogP contribution in [0, 0.1) is 11.3 Å². The van der Waals surface area contributed by atoms with Gasteiger partial charge in [0.2, 0.25) is 10.0 Å². The Morgan fingerprint density at radius 1 is 1.27 bits per heavy atom. The molecule has 1 aliphatic carbocycles. The number of benzene rings is 1. The summed E-state index contributed by atoms with van der Waals surface area (Å²) in [5.74, 6) is -0.929. The molecule has 0 radical (unpaired) electrons. The zero-order valence-corrected chi connectivity index (χ0v) is 22.8. The fourth-order valence-electron chi connectivity index (χ4n) is 5.22. The van der Waals surface area contributed by atoms with Crippen molar-refractivity contribution in [3.05, 3.63) is 29.5 Å². The maximum atomic E-state index is 13.7. The third-order valence-electron chi connectivity index (χ3n) is 7.22. The molecule has 3 aliphatic rings. The van der Waals surface area contributed by atoms with Gasteiger partial charge in [0.15, 0.2) is 5.84 Å². The SMILES string of the molecule is CC(C)CCC1(CO)CN(C2CCCC2)C(=O)C(C2=NS(=O)(=O)c3cc(NS(C)(=O)=O)ccc3N2)=C1O. The van der Waals surface area contributed by atoms with Crippen molar-refractivity contribution in [3.63, 3.8) is 0 Å². The van der Waals surface area contributed by atoms with Gasteiger partial charge in [-0.1, -0.05) is 26.7 Å². The Hall–Kier alpha value is -2.64. The fraction of sp³-hybridized carbons (Fsp3) is 0.583. The number of rotatable bonds is 8. The van der Waals surface area contributed by atoms with Gasteiger partial charge in [-0.05, 0) is 49.8 Å². The molecule has 1 unspecified atom stereocenters. The third kappa shape index (κ3) is 5.48. The highest BCUT2D eigenvalue weighted by Crippen LogP contribution is 2.43. The van der Waals surface area contributed by atoms with Crippen LogP contribution < -0.4 is 10.0 Å². The van der Waals surface area contributed by atoms with E-state index < -0.39 is 38.0 Å². The summed E-state index contributed by atoms with van der Waals surface area (Å²) in [6.45, 7) is 3.78. The number of aliphatic hydroxyl groups excluding tert-OH is 2. The van der Waals surface area contributed by atoms with Crippen molar-refractivity contribution in [1.29, 1.82) is 0 Å². The molecule has 11 nitrogen and oxygen atoms in total. The molecule has 4 rings (SSSR count). The second-order valence-corrected chi connectivity index (χ2v) is 13.9. The standard InChI is InChI=1S/C24H34N4O7S2/c1-15(2)10-11-24(14-29)13-28(17-6-4-5-7-17)23(31)20(21(24)30)22-25-18-9-8-16(26-36(3,32)33)12-19(18)37(34,35)27-22/h8-9,12,15,17,26,29-30H,4-7,10-11,13-14H2,1-3H3,(H,25,27). The molecule has 4 N–H and O–H groups in total. The van der Waals surface area contributed by atoms with Crippen LogP contribution in [0.4, 0.5) is 11.4 Å². The fourth-order valence-corrected chi connectivity index (χ4v) is 6.92. The summed E-state index contributed by atoms with van der Waals surface area (Å²) in [5.41, 5.74) is -1.27. The summed E-state index contributed by atoms with van der Waals surface area (Å²) in [7, 11) is -8.00. The smallest absolute Gasteiger partial charge is 0.286 e. The molecule has 0 bridgehead atoms. The predicted octanol–water partition coefficient (Wildman–Crippen LogP) is 2.58. The lowest BCUT2D eigenvalue weighted by Crippen LogP contribution is -2.55. The first-order chi connectivity index (χ1) is 17.3. The summed E-state index contributed by atoms with van der Waals surface area (Å²) in [4.78, 5) is 15.1. The molecule has 1 aromatic rings. The quantitative estimate of drug-likeness (QED) is 0.381. The number of hydrogen-bond acceptors (Lipinski definition) is 8. The number of hydrogen-bond donors (Lipinski definition) is 4. The van der Waals surface area contributed by atoms with Crippen LogP contribution >= 0.6 is 0 Å². The molecule has 1 amide bonds. The van der Waals surface area contributed by atoms with Gasteiger partial charge in [-0.15, -0.1) is 4.40 Å². The number of carbonyl (C=O) groups excluding carboxylic acids is 1. The van der Waals surface area contributed by atoms with Crippen molar-refractivity contribution >= 4 is 43.2 Å². The minimum absolute atomic E-state index is 0.0430. The van der Waals surface area contributed by atoms with Crippen LogP contribution in [-0.2, 0) is 24.8 Å². The Kier molecular flexibility index (Phi) is 7.34. The van der Waals surface area contributed by atoms with Crippen molar-refractivity contribution in [2.24, 2.45) is 15.7 Å². The van der Waals surface area contributed by atoms with Gasteiger partial charge in [-0.25, -0.2) is 8.42 Å². The zero-order valence-electron chi connectivity index (χ0n) is 21.2. The third-order valence-corrected chi connectivity index (χ3v) is 9.14. The number of anilines is 2. The molecular formula is C24H34N4O7S2. The van der Waals surface area contributed by atoms with Crippen molar-refractivity contribution in [2.75, 3.05) is 29.4 Å². The first kappa shape index (κ1) is 27.4. The molecule has 1 atom stereocenters. The van der Waals surface area contributed by atoms with Crippen LogP contribution in [0.2, 0.25) is 0 Å². The lowest BCUT2D eigenvalue weighted by molar-refractivity contribution is -0.134. The number of aliphatic hydroxyl groups is 2. The lowest BCUT2D eigenvalue weighted by atomic mass is 9.75. The van der Waals surface area contributed by atoms with Gasteiger partial charge in [-0.2, -0.15) is 8.42 Å². The van der Waals surface area contributed by atoms with Crippen LogP contribution in [0.25, 0.3) is 0 Å². The van der Waals surface area contributed by atoms with E-state index in [2.05, 4.69) is 14.4 Å². The van der Waals surface area contributed by atoms with Gasteiger partial charge >= 0.3 is 0 Å². The van der Waals surface area contributed by atoms with Gasteiger partial charge in [-0.3, -0.25) is 9.52 Å². The Balaban J connectivity index is 1.81. The van der Waals surface area contributed by atoms with Crippen LogP contribution in [0.1, 0.15) is 52.4 Å². The van der Waals surface area contributed by atoms with Gasteiger partial charge in [0, 0.05) is 18.3 Å². The minimum Gasteiger partial charge on any atom is -0.511 e. The highest BCUT2D eigenvalue weighted by molar-refractivity contribution is 7.92. The molecule has 1 fully saturated rings. The number of nitrogens with one attached hydrogen (secondary N) is 2. The number of sulfonamides is 2. The Morgan fingerprint density at radius 2 is 1.95 bits per heavy atom. The summed E-state index contributed by atoms with van der Waals surface area (Å²) in [6.07, 6.45) is 5.55. The largest absolute Gasteiger partial charge is 0.511 e. The highest BCUT2D eigenvalue weighted by atomic mass is 32.2. The molecule has 2 aliphatic heterocycles. The highest BCUT2D eigenvalue weighted by Gasteiger charge is 2.49. The molecule has 0 spiro atoms. The van der Waals surface area contributed by atoms with E-state index in [0.717, 1.165) is 38.0 Å². The van der Waals surface area contributed by atoms with Gasteiger partial charge in [0.1, 0.15) is 16.2 Å². The van der Waals surface area contributed by atoms with E-state index in [4.69, 9.17) is 0 Å². The normalized spacial score (nSPS) is 24.2. The molecule has 0 aromatic heterocycles. The van der Waals surface area contributed by atoms with E-state index in [0.29, 0.717) is 12.8 Å². The first-order valence-corrected chi connectivity index (χ1v) is 15.7. The van der Waals surface area contributed by atoms with Crippen molar-refractivity contribution in [2.45, 2.75) is 63.3 Å². The van der Waals surface area contributed by atoms with Crippen LogP contribution in [0.15, 0.2) is 38.8 Å². The van der Waals surface area contributed by atoms with E-state index in [9.17, 15) is 31.8 Å². The van der Waals surface area contributed by atoms with E-state index in [1.54, 1.807) is 4.90 Å². The number of amides is 1. The topological polar surface area (TPSA) is 165 Å². The lowest BCUT2D eigenvalue weighted by Gasteiger charge is -2.44. The second-order valence-electron chi connectivity index (χ2n) is 10.6. The Bertz CT molecular complexity index is 1360. The maximum Gasteiger partial charge on any atom is 0.286 e. The van der Waals surface area contributed by atoms with E-state index in [1.807, 2.05) is 13.8 Å². The average molecular weight is 555 g/mol. The molecular weight excluding hydrogens is 520 g/mol. The van der Waals surface area contributed by atoms with E-state index in [1.165, 1.54) is 12.1 Å². The summed E-state index contributed by atoms with van der Waals surface area (Å²) >= 11 is 0. The van der Waals surface area contributed by atoms with Gasteiger partial charge < -0.3 is 20.4 Å².